The number of fused-ring (bicyclic) bond motifs is 1. The van der Waals surface area contributed by atoms with Gasteiger partial charge in [0.25, 0.3) is 11.8 Å². The van der Waals surface area contributed by atoms with Gasteiger partial charge >= 0.3 is 0 Å². The number of imide groups is 2. The molecule has 138 valence electrons. The third kappa shape index (κ3) is 3.38. The van der Waals surface area contributed by atoms with Crippen LogP contribution in [0, 0.1) is 5.92 Å². The van der Waals surface area contributed by atoms with Crippen LogP contribution in [0.1, 0.15) is 46.0 Å². The molecule has 1 aromatic rings. The van der Waals surface area contributed by atoms with Crippen LogP contribution in [0.15, 0.2) is 18.2 Å². The van der Waals surface area contributed by atoms with E-state index in [1.807, 2.05) is 6.92 Å². The minimum absolute atomic E-state index is 0.109. The summed E-state index contributed by atoms with van der Waals surface area (Å²) in [6.07, 6.45) is 0.264. The number of hydrogen-bond donors (Lipinski definition) is 3. The predicted molar refractivity (Wildman–Crippen MR) is 93.0 cm³/mol. The molecule has 0 saturated carbocycles. The van der Waals surface area contributed by atoms with Crippen molar-refractivity contribution in [1.82, 2.24) is 15.5 Å². The van der Waals surface area contributed by atoms with Crippen LogP contribution in [0.4, 0.5) is 0 Å². The maximum atomic E-state index is 12.7. The fourth-order valence-electron chi connectivity index (χ4n) is 3.17. The number of carbonyl (C=O) groups excluding carboxylic acids is 4. The first kappa shape index (κ1) is 18.2. The molecule has 2 atom stereocenters. The number of nitrogens with two attached hydrogens (primary N) is 1. The second kappa shape index (κ2) is 7.35. The van der Waals surface area contributed by atoms with Gasteiger partial charge in [-0.2, -0.15) is 0 Å². The van der Waals surface area contributed by atoms with E-state index in [2.05, 4.69) is 10.6 Å². The Morgan fingerprint density at radius 3 is 2.65 bits per heavy atom. The Hall–Kier alpha value is -2.58. The molecule has 1 saturated heterocycles. The highest BCUT2D eigenvalue weighted by molar-refractivity contribution is 6.23. The monoisotopic (exact) mass is 358 g/mol. The second-order valence-electron chi connectivity index (χ2n) is 6.80. The molecular weight excluding hydrogens is 336 g/mol. The van der Waals surface area contributed by atoms with Gasteiger partial charge in [-0.15, -0.1) is 0 Å². The molecule has 2 aliphatic heterocycles. The minimum Gasteiger partial charge on any atom is -0.330 e. The molecule has 1 aromatic carbocycles. The molecule has 4 amide bonds. The quantitative estimate of drug-likeness (QED) is 0.604. The van der Waals surface area contributed by atoms with Crippen LogP contribution >= 0.6 is 0 Å². The molecular formula is C18H22N4O4. The van der Waals surface area contributed by atoms with E-state index < -0.39 is 23.8 Å². The van der Waals surface area contributed by atoms with Crippen LogP contribution in [0.3, 0.4) is 0 Å². The number of piperidine rings is 1. The van der Waals surface area contributed by atoms with Gasteiger partial charge in [0.1, 0.15) is 6.04 Å². The van der Waals surface area contributed by atoms with E-state index in [1.54, 1.807) is 18.2 Å². The molecule has 26 heavy (non-hydrogen) atoms. The SMILES string of the molecule is C[C@@H](CN)CNCc1ccc2c(c1)C(=O)N(C1CCC(=O)NC1=O)C2=O. The van der Waals surface area contributed by atoms with Crippen LogP contribution in [0.2, 0.25) is 0 Å². The van der Waals surface area contributed by atoms with Crippen molar-refractivity contribution in [3.63, 3.8) is 0 Å². The van der Waals surface area contributed by atoms with Gasteiger partial charge in [0.05, 0.1) is 11.1 Å². The molecule has 4 N–H and O–H groups in total. The van der Waals surface area contributed by atoms with Crippen molar-refractivity contribution in [2.24, 2.45) is 11.7 Å². The summed E-state index contributed by atoms with van der Waals surface area (Å²) in [5.41, 5.74) is 7.05. The maximum absolute atomic E-state index is 12.7. The smallest absolute Gasteiger partial charge is 0.262 e. The lowest BCUT2D eigenvalue weighted by molar-refractivity contribution is -0.136. The minimum atomic E-state index is -0.938. The summed E-state index contributed by atoms with van der Waals surface area (Å²) >= 11 is 0. The normalized spacial score (nSPS) is 21.0. The largest absolute Gasteiger partial charge is 0.330 e. The first-order valence-electron chi connectivity index (χ1n) is 8.67. The number of hydrogen-bond acceptors (Lipinski definition) is 6. The Balaban J connectivity index is 1.75. The van der Waals surface area contributed by atoms with Crippen molar-refractivity contribution in [1.29, 1.82) is 0 Å². The van der Waals surface area contributed by atoms with E-state index >= 15 is 0 Å². The molecule has 0 spiro atoms. The van der Waals surface area contributed by atoms with E-state index in [1.165, 1.54) is 0 Å². The van der Waals surface area contributed by atoms with Gasteiger partial charge in [0, 0.05) is 13.0 Å². The standard InChI is InChI=1S/C18H22N4O4/c1-10(7-19)8-20-9-11-2-3-12-13(6-11)18(26)22(17(12)25)14-4-5-15(23)21-16(14)24/h2-3,6,10,14,20H,4-5,7-9,19H2,1H3,(H,21,23,24)/t10-,14?/m0/s1. The number of benzene rings is 1. The Labute approximate surface area is 151 Å². The number of nitrogens with one attached hydrogen (secondary N) is 2. The first-order chi connectivity index (χ1) is 12.4. The zero-order valence-electron chi connectivity index (χ0n) is 14.6. The molecule has 3 rings (SSSR count). The summed E-state index contributed by atoms with van der Waals surface area (Å²) in [5.74, 6) is -1.63. The number of carbonyl (C=O) groups is 4. The Morgan fingerprint density at radius 1 is 1.23 bits per heavy atom. The zero-order chi connectivity index (χ0) is 18.8. The van der Waals surface area contributed by atoms with Crippen molar-refractivity contribution in [3.05, 3.63) is 34.9 Å². The fraction of sp³-hybridized carbons (Fsp3) is 0.444. The lowest BCUT2D eigenvalue weighted by Crippen LogP contribution is -2.54. The van der Waals surface area contributed by atoms with Crippen LogP contribution < -0.4 is 16.4 Å². The van der Waals surface area contributed by atoms with E-state index in [0.717, 1.165) is 17.0 Å². The fourth-order valence-corrected chi connectivity index (χ4v) is 3.17. The van der Waals surface area contributed by atoms with E-state index in [0.29, 0.717) is 30.1 Å². The Bertz CT molecular complexity index is 776. The van der Waals surface area contributed by atoms with E-state index in [-0.39, 0.29) is 18.7 Å². The van der Waals surface area contributed by atoms with Gasteiger partial charge in [-0.25, -0.2) is 0 Å². The number of nitrogens with zero attached hydrogens (tertiary/aromatic N) is 1. The molecule has 0 aromatic heterocycles. The van der Waals surface area contributed by atoms with Crippen LogP contribution in [0.25, 0.3) is 0 Å². The number of rotatable bonds is 6. The van der Waals surface area contributed by atoms with Gasteiger partial charge in [-0.3, -0.25) is 29.4 Å². The van der Waals surface area contributed by atoms with E-state index in [9.17, 15) is 19.2 Å². The van der Waals surface area contributed by atoms with Gasteiger partial charge in [0.15, 0.2) is 0 Å². The third-order valence-corrected chi connectivity index (χ3v) is 4.73. The van der Waals surface area contributed by atoms with Crippen molar-refractivity contribution in [2.45, 2.75) is 32.4 Å². The molecule has 0 aliphatic carbocycles. The Morgan fingerprint density at radius 2 is 1.96 bits per heavy atom. The average Bonchev–Trinajstić information content (AvgIpc) is 2.86. The van der Waals surface area contributed by atoms with Gasteiger partial charge in [-0.05, 0) is 43.1 Å². The number of amides is 4. The van der Waals surface area contributed by atoms with Crippen LogP contribution in [-0.2, 0) is 16.1 Å². The van der Waals surface area contributed by atoms with E-state index in [4.69, 9.17) is 5.73 Å². The third-order valence-electron chi connectivity index (χ3n) is 4.73. The van der Waals surface area contributed by atoms with Gasteiger partial charge in [0.2, 0.25) is 11.8 Å². The highest BCUT2D eigenvalue weighted by Crippen LogP contribution is 2.28. The van der Waals surface area contributed by atoms with Crippen LogP contribution in [-0.4, -0.2) is 47.7 Å². The van der Waals surface area contributed by atoms with Crippen LogP contribution in [0.5, 0.6) is 0 Å². The molecule has 2 aliphatic rings. The van der Waals surface area contributed by atoms with Crippen molar-refractivity contribution in [2.75, 3.05) is 13.1 Å². The summed E-state index contributed by atoms with van der Waals surface area (Å²) in [6, 6.07) is 4.15. The summed E-state index contributed by atoms with van der Waals surface area (Å²) in [5, 5.41) is 5.45. The first-order valence-corrected chi connectivity index (χ1v) is 8.67. The molecule has 8 nitrogen and oxygen atoms in total. The van der Waals surface area contributed by atoms with Crippen molar-refractivity contribution in [3.8, 4) is 0 Å². The lowest BCUT2D eigenvalue weighted by Gasteiger charge is -2.27. The van der Waals surface area contributed by atoms with Crippen molar-refractivity contribution < 1.29 is 19.2 Å². The summed E-state index contributed by atoms with van der Waals surface area (Å²) in [7, 11) is 0. The second-order valence-corrected chi connectivity index (χ2v) is 6.80. The molecule has 2 heterocycles. The average molecular weight is 358 g/mol. The molecule has 8 heteroatoms. The zero-order valence-corrected chi connectivity index (χ0v) is 14.6. The van der Waals surface area contributed by atoms with Gasteiger partial charge < -0.3 is 11.1 Å². The Kier molecular flexibility index (Phi) is 5.15. The van der Waals surface area contributed by atoms with Crippen molar-refractivity contribution >= 4 is 23.6 Å². The highest BCUT2D eigenvalue weighted by Gasteiger charge is 2.44. The maximum Gasteiger partial charge on any atom is 0.262 e. The highest BCUT2D eigenvalue weighted by atomic mass is 16.2. The topological polar surface area (TPSA) is 122 Å². The molecule has 0 radical (unpaired) electrons. The predicted octanol–water partition coefficient (Wildman–Crippen LogP) is -0.228. The molecule has 1 fully saturated rings. The molecule has 1 unspecified atom stereocenters. The molecule has 0 bridgehead atoms. The summed E-state index contributed by atoms with van der Waals surface area (Å²) in [6.45, 7) is 3.93. The lowest BCUT2D eigenvalue weighted by atomic mass is 10.0. The summed E-state index contributed by atoms with van der Waals surface area (Å²) in [4.78, 5) is 49.6. The van der Waals surface area contributed by atoms with Gasteiger partial charge in [-0.1, -0.05) is 13.0 Å². The summed E-state index contributed by atoms with van der Waals surface area (Å²) < 4.78 is 0.